The van der Waals surface area contributed by atoms with Crippen LogP contribution < -0.4 is 0 Å². The van der Waals surface area contributed by atoms with Crippen LogP contribution in [0.4, 0.5) is 8.78 Å². The molecule has 5 nitrogen and oxygen atoms in total. The summed E-state index contributed by atoms with van der Waals surface area (Å²) in [5.41, 5.74) is 2.31. The largest absolute Gasteiger partial charge is 0.478 e. The third kappa shape index (κ3) is 4.99. The van der Waals surface area contributed by atoms with Crippen LogP contribution >= 0.6 is 11.6 Å². The fraction of sp³-hybridized carbons (Fsp3) is 0.286. The number of aromatic nitrogens is 2. The van der Waals surface area contributed by atoms with E-state index in [-0.39, 0.29) is 11.1 Å². The Bertz CT molecular complexity index is 1380. The molecule has 1 aliphatic carbocycles. The van der Waals surface area contributed by atoms with Crippen LogP contribution in [0.15, 0.2) is 60.7 Å². The number of ether oxygens (including phenoxy) is 1. The van der Waals surface area contributed by atoms with Crippen LogP contribution in [0.3, 0.4) is 0 Å². The molecule has 0 spiro atoms. The fourth-order valence-electron chi connectivity index (χ4n) is 4.85. The highest BCUT2D eigenvalue weighted by Gasteiger charge is 2.27. The van der Waals surface area contributed by atoms with E-state index in [1.54, 1.807) is 41.1 Å². The van der Waals surface area contributed by atoms with Gasteiger partial charge in [0.2, 0.25) is 0 Å². The maximum Gasteiger partial charge on any atom is 0.335 e. The first-order valence-corrected chi connectivity index (χ1v) is 12.4. The molecule has 0 aliphatic heterocycles. The summed E-state index contributed by atoms with van der Waals surface area (Å²) in [6.45, 7) is 0.488. The summed E-state index contributed by atoms with van der Waals surface area (Å²) in [5, 5.41) is 14.9. The molecule has 4 aromatic rings. The summed E-state index contributed by atoms with van der Waals surface area (Å²) < 4.78 is 36.7. The van der Waals surface area contributed by atoms with Crippen LogP contribution in [0.1, 0.15) is 59.8 Å². The summed E-state index contributed by atoms with van der Waals surface area (Å²) >= 11 is 6.09. The standard InChI is InChI=1S/C28H25ClF2N2O3/c29-20-10-12-21(13-11-20)33-26(22-14-23(30)24(31)15-25(22)32-33)27(36-16-17-4-2-1-3-5-17)18-6-8-19(9-7-18)28(34)35/h6-15,17,27H,1-5,16H2,(H,34,35). The van der Waals surface area contributed by atoms with E-state index in [1.807, 2.05) is 0 Å². The van der Waals surface area contributed by atoms with E-state index < -0.39 is 23.7 Å². The summed E-state index contributed by atoms with van der Waals surface area (Å²) in [7, 11) is 0. The molecule has 3 aromatic carbocycles. The molecule has 1 fully saturated rings. The molecular formula is C28H25ClF2N2O3. The monoisotopic (exact) mass is 510 g/mol. The average Bonchev–Trinajstić information content (AvgIpc) is 3.23. The van der Waals surface area contributed by atoms with Crippen molar-refractivity contribution < 1.29 is 23.4 Å². The predicted octanol–water partition coefficient (Wildman–Crippen LogP) is 7.34. The SMILES string of the molecule is O=C(O)c1ccc(C(OCC2CCCCC2)c2c3cc(F)c(F)cc3nn2-c2ccc(Cl)cc2)cc1. The Morgan fingerprint density at radius 2 is 1.69 bits per heavy atom. The van der Waals surface area contributed by atoms with Crippen molar-refractivity contribution in [2.24, 2.45) is 5.92 Å². The highest BCUT2D eigenvalue weighted by atomic mass is 35.5. The van der Waals surface area contributed by atoms with Crippen molar-refractivity contribution in [3.63, 3.8) is 0 Å². The van der Waals surface area contributed by atoms with Crippen LogP contribution in [-0.4, -0.2) is 27.5 Å². The zero-order valence-corrected chi connectivity index (χ0v) is 20.2. The lowest BCUT2D eigenvalue weighted by molar-refractivity contribution is 0.0392. The van der Waals surface area contributed by atoms with Gasteiger partial charge in [0.25, 0.3) is 0 Å². The number of carbonyl (C=O) groups is 1. The number of carboxylic acid groups (broad SMARTS) is 1. The molecule has 1 N–H and O–H groups in total. The lowest BCUT2D eigenvalue weighted by Crippen LogP contribution is -2.19. The van der Waals surface area contributed by atoms with Crippen molar-refractivity contribution >= 4 is 28.5 Å². The molecular weight excluding hydrogens is 486 g/mol. The molecule has 5 rings (SSSR count). The number of hydrogen-bond acceptors (Lipinski definition) is 3. The van der Waals surface area contributed by atoms with E-state index in [4.69, 9.17) is 16.3 Å². The van der Waals surface area contributed by atoms with E-state index in [2.05, 4.69) is 5.10 Å². The van der Waals surface area contributed by atoms with Crippen LogP contribution in [-0.2, 0) is 4.74 Å². The van der Waals surface area contributed by atoms with Gasteiger partial charge in [-0.2, -0.15) is 5.10 Å². The molecule has 0 radical (unpaired) electrons. The number of fused-ring (bicyclic) bond motifs is 1. The van der Waals surface area contributed by atoms with Gasteiger partial charge in [-0.05, 0) is 66.8 Å². The minimum atomic E-state index is -1.03. The van der Waals surface area contributed by atoms with Crippen molar-refractivity contribution in [1.82, 2.24) is 9.78 Å². The lowest BCUT2D eigenvalue weighted by atomic mass is 9.90. The van der Waals surface area contributed by atoms with Gasteiger partial charge in [-0.3, -0.25) is 0 Å². The average molecular weight is 511 g/mol. The summed E-state index contributed by atoms with van der Waals surface area (Å²) in [5.74, 6) is -2.60. The van der Waals surface area contributed by atoms with E-state index >= 15 is 0 Å². The second kappa shape index (κ2) is 10.4. The Kier molecular flexibility index (Phi) is 7.03. The zero-order valence-electron chi connectivity index (χ0n) is 19.5. The second-order valence-corrected chi connectivity index (χ2v) is 9.64. The molecule has 0 saturated heterocycles. The Morgan fingerprint density at radius 1 is 1.03 bits per heavy atom. The molecule has 0 bridgehead atoms. The van der Waals surface area contributed by atoms with Crippen molar-refractivity contribution in [2.45, 2.75) is 38.2 Å². The quantitative estimate of drug-likeness (QED) is 0.282. The highest BCUT2D eigenvalue weighted by Crippen LogP contribution is 2.36. The molecule has 1 aliphatic rings. The lowest BCUT2D eigenvalue weighted by Gasteiger charge is -2.26. The van der Waals surface area contributed by atoms with Crippen LogP contribution in [0, 0.1) is 17.6 Å². The van der Waals surface area contributed by atoms with Gasteiger partial charge in [-0.1, -0.05) is 43.0 Å². The zero-order chi connectivity index (χ0) is 25.2. The Morgan fingerprint density at radius 3 is 2.36 bits per heavy atom. The van der Waals surface area contributed by atoms with Crippen molar-refractivity contribution in [2.75, 3.05) is 6.61 Å². The highest BCUT2D eigenvalue weighted by molar-refractivity contribution is 6.30. The van der Waals surface area contributed by atoms with Gasteiger partial charge in [-0.25, -0.2) is 18.3 Å². The van der Waals surface area contributed by atoms with Gasteiger partial charge in [0, 0.05) is 16.5 Å². The minimum Gasteiger partial charge on any atom is -0.478 e. The van der Waals surface area contributed by atoms with Gasteiger partial charge in [0.15, 0.2) is 11.6 Å². The van der Waals surface area contributed by atoms with Crippen molar-refractivity contribution in [1.29, 1.82) is 0 Å². The fourth-order valence-corrected chi connectivity index (χ4v) is 4.98. The number of halogens is 3. The van der Waals surface area contributed by atoms with Gasteiger partial charge in [0.1, 0.15) is 6.10 Å². The summed E-state index contributed by atoms with van der Waals surface area (Å²) in [4.78, 5) is 11.4. The molecule has 1 unspecified atom stereocenters. The van der Waals surface area contributed by atoms with Crippen molar-refractivity contribution in [3.05, 3.63) is 94.1 Å². The maximum atomic E-state index is 14.4. The number of rotatable bonds is 7. The number of nitrogens with zero attached hydrogens (tertiary/aromatic N) is 2. The molecule has 8 heteroatoms. The Balaban J connectivity index is 1.66. The number of benzene rings is 3. The van der Waals surface area contributed by atoms with Gasteiger partial charge >= 0.3 is 5.97 Å². The first-order chi connectivity index (χ1) is 17.4. The van der Waals surface area contributed by atoms with Crippen molar-refractivity contribution in [3.8, 4) is 5.69 Å². The number of aromatic carboxylic acids is 1. The third-order valence-electron chi connectivity index (χ3n) is 6.75. The molecule has 36 heavy (non-hydrogen) atoms. The number of hydrogen-bond donors (Lipinski definition) is 1. The molecule has 1 heterocycles. The van der Waals surface area contributed by atoms with E-state index in [0.29, 0.717) is 39.9 Å². The van der Waals surface area contributed by atoms with Gasteiger partial charge in [0.05, 0.1) is 29.1 Å². The molecule has 1 atom stereocenters. The molecule has 186 valence electrons. The summed E-state index contributed by atoms with van der Waals surface area (Å²) in [6, 6.07) is 15.6. The Hall–Kier alpha value is -3.29. The molecule has 1 aromatic heterocycles. The first kappa shape index (κ1) is 24.4. The summed E-state index contributed by atoms with van der Waals surface area (Å²) in [6.07, 6.45) is 4.98. The van der Waals surface area contributed by atoms with Crippen LogP contribution in [0.5, 0.6) is 0 Å². The van der Waals surface area contributed by atoms with Crippen LogP contribution in [0.2, 0.25) is 5.02 Å². The smallest absolute Gasteiger partial charge is 0.335 e. The predicted molar refractivity (Wildman–Crippen MR) is 134 cm³/mol. The third-order valence-corrected chi connectivity index (χ3v) is 7.01. The molecule has 0 amide bonds. The van der Waals surface area contributed by atoms with Gasteiger partial charge in [-0.15, -0.1) is 0 Å². The topological polar surface area (TPSA) is 64.3 Å². The Labute approximate surface area is 212 Å². The normalized spacial score (nSPS) is 15.3. The maximum absolute atomic E-state index is 14.4. The van der Waals surface area contributed by atoms with E-state index in [9.17, 15) is 18.7 Å². The van der Waals surface area contributed by atoms with Crippen LogP contribution in [0.25, 0.3) is 16.6 Å². The number of carboxylic acids is 1. The second-order valence-electron chi connectivity index (χ2n) is 9.20. The molecule has 1 saturated carbocycles. The first-order valence-electron chi connectivity index (χ1n) is 12.0. The van der Waals surface area contributed by atoms with E-state index in [1.165, 1.54) is 18.6 Å². The van der Waals surface area contributed by atoms with Gasteiger partial charge < -0.3 is 9.84 Å². The van der Waals surface area contributed by atoms with E-state index in [0.717, 1.165) is 37.8 Å². The minimum absolute atomic E-state index is 0.147.